The molecular formula is C17H29BrClNO2. The molecule has 0 aliphatic rings. The lowest BCUT2D eigenvalue weighted by atomic mass is 9.82. The lowest BCUT2D eigenvalue weighted by Crippen LogP contribution is -2.41. The highest BCUT2D eigenvalue weighted by Gasteiger charge is 2.25. The lowest BCUT2D eigenvalue weighted by molar-refractivity contribution is 0.240. The lowest BCUT2D eigenvalue weighted by Gasteiger charge is -2.33. The van der Waals surface area contributed by atoms with E-state index in [0.717, 1.165) is 28.9 Å². The first-order chi connectivity index (χ1) is 9.58. The predicted octanol–water partition coefficient (Wildman–Crippen LogP) is 5.19. The zero-order valence-corrected chi connectivity index (χ0v) is 17.1. The highest BCUT2D eigenvalue weighted by molar-refractivity contribution is 9.10. The minimum atomic E-state index is 0. The molecule has 3 nitrogen and oxygen atoms in total. The van der Waals surface area contributed by atoms with Crippen LogP contribution in [0.4, 0.5) is 0 Å². The highest BCUT2D eigenvalue weighted by Crippen LogP contribution is 2.36. The van der Waals surface area contributed by atoms with E-state index in [-0.39, 0.29) is 17.9 Å². The molecule has 0 spiro atoms. The maximum Gasteiger partial charge on any atom is 0.174 e. The molecule has 0 heterocycles. The van der Waals surface area contributed by atoms with Gasteiger partial charge in [-0.2, -0.15) is 0 Å². The number of hydrogen-bond acceptors (Lipinski definition) is 3. The van der Waals surface area contributed by atoms with Crippen LogP contribution in [0, 0.1) is 5.41 Å². The first-order valence-electron chi connectivity index (χ1n) is 7.23. The second-order valence-corrected chi connectivity index (χ2v) is 8.14. The van der Waals surface area contributed by atoms with Gasteiger partial charge in [0.25, 0.3) is 0 Å². The summed E-state index contributed by atoms with van der Waals surface area (Å²) in [5.41, 5.74) is 1.55. The predicted molar refractivity (Wildman–Crippen MR) is 99.5 cm³/mol. The molecule has 0 aromatic heterocycles. The molecular weight excluding hydrogens is 366 g/mol. The number of benzene rings is 1. The van der Waals surface area contributed by atoms with Crippen LogP contribution in [-0.2, 0) is 6.54 Å². The van der Waals surface area contributed by atoms with Gasteiger partial charge < -0.3 is 14.8 Å². The maximum absolute atomic E-state index is 5.39. The molecule has 0 atom stereocenters. The molecule has 0 fully saturated rings. The maximum atomic E-state index is 5.39. The highest BCUT2D eigenvalue weighted by atomic mass is 79.9. The van der Waals surface area contributed by atoms with E-state index in [9.17, 15) is 0 Å². The molecule has 22 heavy (non-hydrogen) atoms. The average molecular weight is 395 g/mol. The zero-order chi connectivity index (χ0) is 16.3. The molecule has 1 N–H and O–H groups in total. The second-order valence-electron chi connectivity index (χ2n) is 7.29. The van der Waals surface area contributed by atoms with Gasteiger partial charge in [-0.3, -0.25) is 0 Å². The summed E-state index contributed by atoms with van der Waals surface area (Å²) in [4.78, 5) is 0. The first kappa shape index (κ1) is 21.6. The summed E-state index contributed by atoms with van der Waals surface area (Å²) in [6.07, 6.45) is 1.11. The van der Waals surface area contributed by atoms with Crippen LogP contribution in [0.25, 0.3) is 0 Å². The number of nitrogens with one attached hydrogen (secondary N) is 1. The second kappa shape index (κ2) is 8.42. The SMILES string of the molecule is COc1cc(CNC(C)(C)CC(C)(C)C)cc(Br)c1OC.Cl. The molecule has 0 bridgehead atoms. The Bertz CT molecular complexity index is 484. The van der Waals surface area contributed by atoms with Crippen molar-refractivity contribution >= 4 is 28.3 Å². The van der Waals surface area contributed by atoms with Gasteiger partial charge in [0.1, 0.15) is 0 Å². The van der Waals surface area contributed by atoms with Crippen molar-refractivity contribution in [1.82, 2.24) is 5.32 Å². The van der Waals surface area contributed by atoms with E-state index in [0.29, 0.717) is 5.41 Å². The van der Waals surface area contributed by atoms with E-state index in [1.165, 1.54) is 5.56 Å². The summed E-state index contributed by atoms with van der Waals surface area (Å²) in [7, 11) is 3.30. The van der Waals surface area contributed by atoms with Crippen LogP contribution in [-0.4, -0.2) is 19.8 Å². The molecule has 1 aromatic rings. The summed E-state index contributed by atoms with van der Waals surface area (Å²) in [6.45, 7) is 12.1. The quantitative estimate of drug-likeness (QED) is 0.720. The fraction of sp³-hybridized carbons (Fsp3) is 0.647. The van der Waals surface area contributed by atoms with Gasteiger partial charge >= 0.3 is 0 Å². The standard InChI is InChI=1S/C17H28BrNO2.ClH/c1-16(2,3)11-17(4,5)19-10-12-8-13(18)15(21-7)14(9-12)20-6;/h8-9,19H,10-11H2,1-7H3;1H. The van der Waals surface area contributed by atoms with Crippen LogP contribution in [0.1, 0.15) is 46.6 Å². The largest absolute Gasteiger partial charge is 0.493 e. The number of methoxy groups -OCH3 is 2. The van der Waals surface area contributed by atoms with Crippen molar-refractivity contribution in [3.05, 3.63) is 22.2 Å². The van der Waals surface area contributed by atoms with E-state index < -0.39 is 0 Å². The Hall–Kier alpha value is -0.450. The summed E-state index contributed by atoms with van der Waals surface area (Å²) < 4.78 is 11.6. The third-order valence-corrected chi connectivity index (χ3v) is 3.83. The fourth-order valence-electron chi connectivity index (χ4n) is 2.80. The molecule has 0 radical (unpaired) electrons. The van der Waals surface area contributed by atoms with Crippen LogP contribution >= 0.6 is 28.3 Å². The van der Waals surface area contributed by atoms with E-state index in [1.807, 2.05) is 6.07 Å². The number of ether oxygens (including phenoxy) is 2. The Morgan fingerprint density at radius 3 is 2.09 bits per heavy atom. The van der Waals surface area contributed by atoms with Crippen molar-refractivity contribution in [3.63, 3.8) is 0 Å². The zero-order valence-electron chi connectivity index (χ0n) is 14.7. The van der Waals surface area contributed by atoms with Gasteiger partial charge in [0.2, 0.25) is 0 Å². The molecule has 128 valence electrons. The van der Waals surface area contributed by atoms with Crippen molar-refractivity contribution < 1.29 is 9.47 Å². The molecule has 0 saturated heterocycles. The van der Waals surface area contributed by atoms with Gasteiger partial charge in [-0.15, -0.1) is 12.4 Å². The molecule has 0 unspecified atom stereocenters. The van der Waals surface area contributed by atoms with E-state index in [4.69, 9.17) is 9.47 Å². The summed E-state index contributed by atoms with van der Waals surface area (Å²) in [5.74, 6) is 1.48. The van der Waals surface area contributed by atoms with E-state index >= 15 is 0 Å². The van der Waals surface area contributed by atoms with Crippen molar-refractivity contribution in [2.75, 3.05) is 14.2 Å². The topological polar surface area (TPSA) is 30.5 Å². The summed E-state index contributed by atoms with van der Waals surface area (Å²) in [6, 6.07) is 4.09. The normalized spacial score (nSPS) is 11.8. The van der Waals surface area contributed by atoms with Gasteiger partial charge in [-0.1, -0.05) is 20.8 Å². The molecule has 0 aliphatic carbocycles. The third-order valence-electron chi connectivity index (χ3n) is 3.24. The van der Waals surface area contributed by atoms with Crippen molar-refractivity contribution in [1.29, 1.82) is 0 Å². The van der Waals surface area contributed by atoms with Crippen LogP contribution < -0.4 is 14.8 Å². The minimum Gasteiger partial charge on any atom is -0.493 e. The fourth-order valence-corrected chi connectivity index (χ4v) is 3.45. The van der Waals surface area contributed by atoms with Gasteiger partial charge in [0.05, 0.1) is 18.7 Å². The van der Waals surface area contributed by atoms with Crippen molar-refractivity contribution in [2.45, 2.75) is 53.1 Å². The third kappa shape index (κ3) is 6.76. The minimum absolute atomic E-state index is 0. The monoisotopic (exact) mass is 393 g/mol. The van der Waals surface area contributed by atoms with Crippen LogP contribution in [0.5, 0.6) is 11.5 Å². The molecule has 0 amide bonds. The molecule has 5 heteroatoms. The van der Waals surface area contributed by atoms with Crippen molar-refractivity contribution in [3.8, 4) is 11.5 Å². The Kier molecular flexibility index (Phi) is 8.24. The van der Waals surface area contributed by atoms with Gasteiger partial charge in [-0.25, -0.2) is 0 Å². The first-order valence-corrected chi connectivity index (χ1v) is 8.03. The Morgan fingerprint density at radius 2 is 1.64 bits per heavy atom. The Labute approximate surface area is 149 Å². The van der Waals surface area contributed by atoms with Crippen LogP contribution in [0.2, 0.25) is 0 Å². The smallest absolute Gasteiger partial charge is 0.174 e. The molecule has 1 aromatic carbocycles. The summed E-state index contributed by atoms with van der Waals surface area (Å²) >= 11 is 3.54. The number of halogens is 2. The Morgan fingerprint density at radius 1 is 1.05 bits per heavy atom. The number of rotatable bonds is 6. The van der Waals surface area contributed by atoms with E-state index in [1.54, 1.807) is 14.2 Å². The molecule has 0 aliphatic heterocycles. The van der Waals surface area contributed by atoms with Gasteiger partial charge in [-0.05, 0) is 59.3 Å². The van der Waals surface area contributed by atoms with Gasteiger partial charge in [0.15, 0.2) is 11.5 Å². The molecule has 1 rings (SSSR count). The van der Waals surface area contributed by atoms with Crippen molar-refractivity contribution in [2.24, 2.45) is 5.41 Å². The molecule has 0 saturated carbocycles. The van der Waals surface area contributed by atoms with E-state index in [2.05, 4.69) is 61.9 Å². The Balaban J connectivity index is 0.00000441. The van der Waals surface area contributed by atoms with Crippen LogP contribution in [0.15, 0.2) is 16.6 Å². The van der Waals surface area contributed by atoms with Crippen LogP contribution in [0.3, 0.4) is 0 Å². The number of hydrogen-bond donors (Lipinski definition) is 1. The average Bonchev–Trinajstić information content (AvgIpc) is 2.32. The van der Waals surface area contributed by atoms with Gasteiger partial charge in [0, 0.05) is 12.1 Å². The summed E-state index contributed by atoms with van der Waals surface area (Å²) in [5, 5.41) is 3.63.